The summed E-state index contributed by atoms with van der Waals surface area (Å²) in [5.41, 5.74) is 1.71. The van der Waals surface area contributed by atoms with E-state index in [1.165, 1.54) is 6.42 Å². The number of unbranched alkanes of at least 4 members (excludes halogenated alkanes) is 1. The monoisotopic (exact) mass is 394 g/mol. The van der Waals surface area contributed by atoms with Crippen molar-refractivity contribution in [1.82, 2.24) is 19.6 Å². The Hall–Kier alpha value is -1.37. The molecule has 2 aliphatic heterocycles. The molecule has 0 saturated carbocycles. The van der Waals surface area contributed by atoms with Gasteiger partial charge in [-0.2, -0.15) is 5.10 Å². The largest absolute Gasteiger partial charge is 0.377 e. The standard InChI is InChI=1S/C20H31ClN4O2/c1-3-4-9-25-20(21)18(16(2)22-25)7-8-19(26)24-12-10-23(11-13-24)15-17-6-5-14-27-17/h7-8,17H,3-6,9-15H2,1-2H3/b8-7+. The summed E-state index contributed by atoms with van der Waals surface area (Å²) in [6.07, 6.45) is 8.29. The molecule has 0 bridgehead atoms. The Morgan fingerprint density at radius 3 is 2.78 bits per heavy atom. The molecule has 0 aromatic carbocycles. The Bertz CT molecular complexity index is 659. The van der Waals surface area contributed by atoms with Crippen LogP contribution in [0.15, 0.2) is 6.08 Å². The molecule has 0 aliphatic carbocycles. The van der Waals surface area contributed by atoms with Crippen LogP contribution in [-0.4, -0.2) is 70.9 Å². The van der Waals surface area contributed by atoms with Crippen LogP contribution in [0.2, 0.25) is 5.15 Å². The molecule has 3 heterocycles. The fourth-order valence-corrected chi connectivity index (χ4v) is 4.02. The molecule has 1 aromatic rings. The Morgan fingerprint density at radius 2 is 2.11 bits per heavy atom. The molecule has 2 fully saturated rings. The maximum absolute atomic E-state index is 12.5. The summed E-state index contributed by atoms with van der Waals surface area (Å²) in [6.45, 7) is 10.1. The summed E-state index contributed by atoms with van der Waals surface area (Å²) >= 11 is 6.44. The van der Waals surface area contributed by atoms with Gasteiger partial charge in [-0.25, -0.2) is 0 Å². The molecular formula is C20H31ClN4O2. The quantitative estimate of drug-likeness (QED) is 0.667. The first kappa shape index (κ1) is 20.4. The number of nitrogens with zero attached hydrogens (tertiary/aromatic N) is 4. The number of hydrogen-bond donors (Lipinski definition) is 0. The van der Waals surface area contributed by atoms with Crippen LogP contribution in [-0.2, 0) is 16.1 Å². The molecule has 2 saturated heterocycles. The van der Waals surface area contributed by atoms with Gasteiger partial charge in [-0.1, -0.05) is 24.9 Å². The van der Waals surface area contributed by atoms with Gasteiger partial charge in [-0.05, 0) is 32.3 Å². The SMILES string of the molecule is CCCCn1nc(C)c(/C=C/C(=O)N2CCN(CC3CCCO3)CC2)c1Cl. The third kappa shape index (κ3) is 5.33. The van der Waals surface area contributed by atoms with E-state index in [-0.39, 0.29) is 5.91 Å². The average molecular weight is 395 g/mol. The summed E-state index contributed by atoms with van der Waals surface area (Å²) in [5.74, 6) is 0.0449. The lowest BCUT2D eigenvalue weighted by molar-refractivity contribution is -0.127. The van der Waals surface area contributed by atoms with Crippen molar-refractivity contribution in [1.29, 1.82) is 0 Å². The van der Waals surface area contributed by atoms with Crippen LogP contribution in [0.3, 0.4) is 0 Å². The number of aromatic nitrogens is 2. The van der Waals surface area contributed by atoms with Crippen LogP contribution in [0.25, 0.3) is 6.08 Å². The van der Waals surface area contributed by atoms with E-state index in [4.69, 9.17) is 16.3 Å². The third-order valence-electron chi connectivity index (χ3n) is 5.40. The molecule has 0 spiro atoms. The molecule has 1 atom stereocenters. The predicted molar refractivity (Wildman–Crippen MR) is 108 cm³/mol. The summed E-state index contributed by atoms with van der Waals surface area (Å²) in [4.78, 5) is 16.9. The van der Waals surface area contributed by atoms with E-state index in [9.17, 15) is 4.79 Å². The first-order valence-corrected chi connectivity index (χ1v) is 10.5. The van der Waals surface area contributed by atoms with Crippen molar-refractivity contribution >= 4 is 23.6 Å². The normalized spacial score (nSPS) is 21.4. The number of aryl methyl sites for hydroxylation is 2. The minimum atomic E-state index is 0.0449. The Morgan fingerprint density at radius 1 is 1.33 bits per heavy atom. The zero-order chi connectivity index (χ0) is 19.2. The van der Waals surface area contributed by atoms with Gasteiger partial charge in [-0.3, -0.25) is 14.4 Å². The lowest BCUT2D eigenvalue weighted by Gasteiger charge is -2.35. The molecule has 0 radical (unpaired) electrons. The highest BCUT2D eigenvalue weighted by Crippen LogP contribution is 2.22. The second-order valence-corrected chi connectivity index (χ2v) is 7.82. The number of carbonyl (C=O) groups is 1. The molecule has 6 nitrogen and oxygen atoms in total. The molecule has 0 N–H and O–H groups in total. The van der Waals surface area contributed by atoms with Crippen molar-refractivity contribution in [2.24, 2.45) is 0 Å². The van der Waals surface area contributed by atoms with Crippen LogP contribution < -0.4 is 0 Å². The van der Waals surface area contributed by atoms with Gasteiger partial charge in [0.25, 0.3) is 0 Å². The van der Waals surface area contributed by atoms with Gasteiger partial charge in [0.15, 0.2) is 0 Å². The molecule has 1 unspecified atom stereocenters. The summed E-state index contributed by atoms with van der Waals surface area (Å²) < 4.78 is 7.54. The van der Waals surface area contributed by atoms with E-state index < -0.39 is 0 Å². The first-order chi connectivity index (χ1) is 13.1. The Kier molecular flexibility index (Phi) is 7.33. The summed E-state index contributed by atoms with van der Waals surface area (Å²) in [5, 5.41) is 5.10. The summed E-state index contributed by atoms with van der Waals surface area (Å²) in [7, 11) is 0. The van der Waals surface area contributed by atoms with E-state index in [0.29, 0.717) is 11.3 Å². The molecule has 2 aliphatic rings. The highest BCUT2D eigenvalue weighted by atomic mass is 35.5. The van der Waals surface area contributed by atoms with Crippen LogP contribution in [0.4, 0.5) is 0 Å². The van der Waals surface area contributed by atoms with E-state index in [2.05, 4.69) is 16.9 Å². The van der Waals surface area contributed by atoms with E-state index in [1.54, 1.807) is 6.08 Å². The van der Waals surface area contributed by atoms with Crippen molar-refractivity contribution in [3.05, 3.63) is 22.5 Å². The highest BCUT2D eigenvalue weighted by molar-refractivity contribution is 6.31. The number of ether oxygens (including phenoxy) is 1. The highest BCUT2D eigenvalue weighted by Gasteiger charge is 2.24. The van der Waals surface area contributed by atoms with Crippen molar-refractivity contribution in [3.63, 3.8) is 0 Å². The van der Waals surface area contributed by atoms with Crippen molar-refractivity contribution in [2.45, 2.75) is 52.2 Å². The smallest absolute Gasteiger partial charge is 0.246 e. The molecule has 27 heavy (non-hydrogen) atoms. The van der Waals surface area contributed by atoms with Crippen LogP contribution >= 0.6 is 11.6 Å². The second kappa shape index (κ2) is 9.71. The average Bonchev–Trinajstić information content (AvgIpc) is 3.27. The first-order valence-electron chi connectivity index (χ1n) is 10.1. The zero-order valence-corrected chi connectivity index (χ0v) is 17.2. The number of piperazine rings is 1. The van der Waals surface area contributed by atoms with Crippen molar-refractivity contribution < 1.29 is 9.53 Å². The molecule has 7 heteroatoms. The van der Waals surface area contributed by atoms with Gasteiger partial charge >= 0.3 is 0 Å². The minimum Gasteiger partial charge on any atom is -0.377 e. The topological polar surface area (TPSA) is 50.6 Å². The molecular weight excluding hydrogens is 364 g/mol. The lowest BCUT2D eigenvalue weighted by atomic mass is 10.2. The predicted octanol–water partition coefficient (Wildman–Crippen LogP) is 2.98. The van der Waals surface area contributed by atoms with Crippen molar-refractivity contribution in [2.75, 3.05) is 39.3 Å². The third-order valence-corrected chi connectivity index (χ3v) is 5.79. The molecule has 1 amide bonds. The van der Waals surface area contributed by atoms with E-state index in [1.807, 2.05) is 22.6 Å². The number of rotatable bonds is 7. The van der Waals surface area contributed by atoms with Gasteiger partial charge in [0.05, 0.1) is 11.8 Å². The van der Waals surface area contributed by atoms with Gasteiger partial charge in [-0.15, -0.1) is 0 Å². The number of amides is 1. The second-order valence-electron chi connectivity index (χ2n) is 7.46. The lowest BCUT2D eigenvalue weighted by Crippen LogP contribution is -2.50. The molecule has 1 aromatic heterocycles. The Labute approximate surface area is 167 Å². The maximum atomic E-state index is 12.5. The zero-order valence-electron chi connectivity index (χ0n) is 16.5. The van der Waals surface area contributed by atoms with E-state index in [0.717, 1.165) is 76.4 Å². The van der Waals surface area contributed by atoms with Gasteiger partial charge < -0.3 is 9.64 Å². The number of halogens is 1. The summed E-state index contributed by atoms with van der Waals surface area (Å²) in [6, 6.07) is 0. The Balaban J connectivity index is 1.51. The fourth-order valence-electron chi connectivity index (χ4n) is 3.70. The molecule has 150 valence electrons. The van der Waals surface area contributed by atoms with Crippen LogP contribution in [0.5, 0.6) is 0 Å². The van der Waals surface area contributed by atoms with Crippen LogP contribution in [0, 0.1) is 6.92 Å². The van der Waals surface area contributed by atoms with Crippen molar-refractivity contribution in [3.8, 4) is 0 Å². The number of carbonyl (C=O) groups excluding carboxylic acids is 1. The van der Waals surface area contributed by atoms with Gasteiger partial charge in [0.1, 0.15) is 5.15 Å². The van der Waals surface area contributed by atoms with E-state index >= 15 is 0 Å². The van der Waals surface area contributed by atoms with Crippen LogP contribution in [0.1, 0.15) is 43.9 Å². The minimum absolute atomic E-state index is 0.0449. The fraction of sp³-hybridized carbons (Fsp3) is 0.700. The van der Waals surface area contributed by atoms with Gasteiger partial charge in [0, 0.05) is 57.5 Å². The van der Waals surface area contributed by atoms with Gasteiger partial charge in [0.2, 0.25) is 5.91 Å². The maximum Gasteiger partial charge on any atom is 0.246 e. The number of hydrogen-bond acceptors (Lipinski definition) is 4. The molecule has 3 rings (SSSR count).